The number of nitrogen functional groups attached to an aromatic ring is 1. The fourth-order valence-corrected chi connectivity index (χ4v) is 3.81. The van der Waals surface area contributed by atoms with Gasteiger partial charge in [-0.2, -0.15) is 0 Å². The third kappa shape index (κ3) is 9.75. The van der Waals surface area contributed by atoms with E-state index in [-0.39, 0.29) is 19.7 Å². The van der Waals surface area contributed by atoms with Gasteiger partial charge in [-0.3, -0.25) is 9.00 Å². The van der Waals surface area contributed by atoms with Crippen LogP contribution in [0.3, 0.4) is 0 Å². The molecule has 1 atom stereocenters. The van der Waals surface area contributed by atoms with Gasteiger partial charge in [-0.15, -0.1) is 11.3 Å². The Labute approximate surface area is 209 Å². The van der Waals surface area contributed by atoms with Crippen molar-refractivity contribution >= 4 is 45.2 Å². The number of amides is 2. The van der Waals surface area contributed by atoms with Gasteiger partial charge in [0.15, 0.2) is 5.13 Å². The van der Waals surface area contributed by atoms with Crippen LogP contribution in [0, 0.1) is 5.92 Å². The number of hydrogen-bond donors (Lipinski definition) is 2. The zero-order valence-corrected chi connectivity index (χ0v) is 21.1. The molecular weight excluding hydrogens is 478 g/mol. The molecule has 1 unspecified atom stereocenters. The summed E-state index contributed by atoms with van der Waals surface area (Å²) in [5, 5.41) is 5.66. The molecule has 0 saturated carbocycles. The number of piperazine rings is 1. The fraction of sp³-hybridized carbons (Fsp3) is 0.500. The number of carbonyl (C=O) groups is 2. The van der Waals surface area contributed by atoms with Gasteiger partial charge in [0.25, 0.3) is 0 Å². The van der Waals surface area contributed by atoms with E-state index in [1.807, 2.05) is 19.2 Å². The van der Waals surface area contributed by atoms with Gasteiger partial charge in [0.2, 0.25) is 5.91 Å². The molecule has 2 aromatic rings. The zero-order valence-electron chi connectivity index (χ0n) is 19.5. The van der Waals surface area contributed by atoms with Gasteiger partial charge in [-0.25, -0.2) is 9.78 Å². The molecule has 192 valence electrons. The SMILES string of the molecule is CC(C)COC(=O)N1CCNCC1.Nc1nccs1.O=C1CCCN1c1ccc(S(=O)[O-])cc1.[HH].[HH]. The van der Waals surface area contributed by atoms with Gasteiger partial charge in [0, 0.05) is 64.2 Å². The average molecular weight is 515 g/mol. The molecule has 2 amide bonds. The number of thiazole rings is 1. The number of aromatic nitrogens is 1. The van der Waals surface area contributed by atoms with Crippen LogP contribution in [0.15, 0.2) is 40.7 Å². The van der Waals surface area contributed by atoms with E-state index in [1.165, 1.54) is 23.5 Å². The van der Waals surface area contributed by atoms with E-state index in [0.29, 0.717) is 24.1 Å². The monoisotopic (exact) mass is 514 g/mol. The molecule has 12 heteroatoms. The van der Waals surface area contributed by atoms with Gasteiger partial charge in [0.1, 0.15) is 0 Å². The van der Waals surface area contributed by atoms with Crippen molar-refractivity contribution in [2.24, 2.45) is 5.92 Å². The summed E-state index contributed by atoms with van der Waals surface area (Å²) in [5.41, 5.74) is 5.96. The first-order chi connectivity index (χ1) is 16.3. The standard InChI is InChI=1S/C10H11NO3S.C9H18N2O2.C3H4N2S.2H2/c12-10-2-1-7-11(10)8-3-5-9(6-4-8)15(13)14;1-8(2)7-13-9(12)11-5-3-10-4-6-11;4-3-5-1-2-6-3;;/h3-6H,1-2,7H2,(H,13,14);8,10H,3-7H2,1-2H3;1-2H,(H2,4,5);2*1H/p-1. The lowest BCUT2D eigenvalue weighted by molar-refractivity contribution is -0.117. The van der Waals surface area contributed by atoms with Crippen molar-refractivity contribution in [1.29, 1.82) is 0 Å². The van der Waals surface area contributed by atoms with Crippen LogP contribution in [0.2, 0.25) is 0 Å². The zero-order chi connectivity index (χ0) is 24.9. The summed E-state index contributed by atoms with van der Waals surface area (Å²) in [7, 11) is 0. The van der Waals surface area contributed by atoms with Crippen molar-refractivity contribution in [2.45, 2.75) is 31.6 Å². The average Bonchev–Trinajstić information content (AvgIpc) is 3.49. The van der Waals surface area contributed by atoms with Crippen LogP contribution < -0.4 is 16.0 Å². The summed E-state index contributed by atoms with van der Waals surface area (Å²) in [6, 6.07) is 6.33. The molecule has 2 aliphatic rings. The van der Waals surface area contributed by atoms with Crippen LogP contribution in [0.25, 0.3) is 0 Å². The Morgan fingerprint density at radius 3 is 2.41 bits per heavy atom. The van der Waals surface area contributed by atoms with E-state index >= 15 is 0 Å². The van der Waals surface area contributed by atoms with Crippen molar-refractivity contribution in [3.63, 3.8) is 0 Å². The maximum Gasteiger partial charge on any atom is 0.409 e. The van der Waals surface area contributed by atoms with E-state index < -0.39 is 11.1 Å². The summed E-state index contributed by atoms with van der Waals surface area (Å²) in [5.74, 6) is 0.512. The molecule has 4 rings (SSSR count). The third-order valence-corrected chi connectivity index (χ3v) is 6.04. The summed E-state index contributed by atoms with van der Waals surface area (Å²) < 4.78 is 26.3. The van der Waals surface area contributed by atoms with Crippen molar-refractivity contribution in [3.8, 4) is 0 Å². The second-order valence-electron chi connectivity index (χ2n) is 7.96. The minimum atomic E-state index is -2.20. The molecule has 0 spiro atoms. The van der Waals surface area contributed by atoms with Gasteiger partial charge in [-0.05, 0) is 47.7 Å². The Bertz CT molecular complexity index is 914. The molecular formula is C22H36N5O5S2-. The number of nitrogens with two attached hydrogens (primary N) is 1. The van der Waals surface area contributed by atoms with Gasteiger partial charge >= 0.3 is 6.09 Å². The Hall–Kier alpha value is -2.54. The molecule has 3 heterocycles. The predicted molar refractivity (Wildman–Crippen MR) is 137 cm³/mol. The van der Waals surface area contributed by atoms with E-state index in [0.717, 1.165) is 44.8 Å². The topological polar surface area (TPSA) is 141 Å². The highest BCUT2D eigenvalue weighted by atomic mass is 32.2. The normalized spacial score (nSPS) is 16.3. The predicted octanol–water partition coefficient (Wildman–Crippen LogP) is 2.95. The molecule has 2 fully saturated rings. The number of hydrogen-bond acceptors (Lipinski definition) is 9. The highest BCUT2D eigenvalue weighted by Crippen LogP contribution is 2.22. The van der Waals surface area contributed by atoms with Crippen molar-refractivity contribution in [1.82, 2.24) is 15.2 Å². The van der Waals surface area contributed by atoms with Crippen molar-refractivity contribution in [2.75, 3.05) is 50.0 Å². The highest BCUT2D eigenvalue weighted by molar-refractivity contribution is 7.79. The summed E-state index contributed by atoms with van der Waals surface area (Å²) in [6.45, 7) is 8.57. The van der Waals surface area contributed by atoms with E-state index in [2.05, 4.69) is 10.3 Å². The lowest BCUT2D eigenvalue weighted by atomic mass is 10.2. The Morgan fingerprint density at radius 2 is 1.97 bits per heavy atom. The number of nitrogens with zero attached hydrogens (tertiary/aromatic N) is 3. The summed E-state index contributed by atoms with van der Waals surface area (Å²) >= 11 is -0.756. The minimum Gasteiger partial charge on any atom is -0.768 e. The van der Waals surface area contributed by atoms with Crippen molar-refractivity contribution < 1.29 is 25.9 Å². The minimum absolute atomic E-state index is 0. The Balaban J connectivity index is 0.000000534. The first kappa shape index (κ1) is 27.7. The quantitative estimate of drug-likeness (QED) is 0.593. The number of rotatable bonds is 4. The lowest BCUT2D eigenvalue weighted by Crippen LogP contribution is -2.46. The highest BCUT2D eigenvalue weighted by Gasteiger charge is 2.21. The second-order valence-corrected chi connectivity index (χ2v) is 9.82. The smallest absolute Gasteiger partial charge is 0.409 e. The number of ether oxygens (including phenoxy) is 1. The van der Waals surface area contributed by atoms with Crippen LogP contribution in [0.1, 0.15) is 29.5 Å². The Kier molecular flexibility index (Phi) is 11.9. The summed E-state index contributed by atoms with van der Waals surface area (Å²) in [6.07, 6.45) is 2.96. The van der Waals surface area contributed by atoms with Gasteiger partial charge in [-0.1, -0.05) is 13.8 Å². The molecule has 1 aromatic heterocycles. The molecule has 10 nitrogen and oxygen atoms in total. The van der Waals surface area contributed by atoms with E-state index in [1.54, 1.807) is 28.1 Å². The maximum absolute atomic E-state index is 11.4. The van der Waals surface area contributed by atoms with Crippen LogP contribution in [-0.4, -0.2) is 70.0 Å². The molecule has 2 aliphatic heterocycles. The van der Waals surface area contributed by atoms with Crippen LogP contribution >= 0.6 is 11.3 Å². The third-order valence-electron chi connectivity index (χ3n) is 4.78. The number of anilines is 2. The van der Waals surface area contributed by atoms with Crippen LogP contribution in [0.5, 0.6) is 0 Å². The van der Waals surface area contributed by atoms with E-state index in [4.69, 9.17) is 10.5 Å². The first-order valence-electron chi connectivity index (χ1n) is 11.0. The van der Waals surface area contributed by atoms with Crippen molar-refractivity contribution in [3.05, 3.63) is 35.8 Å². The summed E-state index contributed by atoms with van der Waals surface area (Å²) in [4.78, 5) is 30.2. The molecule has 34 heavy (non-hydrogen) atoms. The number of benzene rings is 1. The molecule has 0 bridgehead atoms. The fourth-order valence-electron chi connectivity index (χ4n) is 3.07. The maximum atomic E-state index is 11.4. The largest absolute Gasteiger partial charge is 0.768 e. The molecule has 0 aliphatic carbocycles. The van der Waals surface area contributed by atoms with E-state index in [9.17, 15) is 18.4 Å². The number of carbonyl (C=O) groups excluding carboxylic acids is 2. The first-order valence-corrected chi connectivity index (χ1v) is 13.0. The van der Waals surface area contributed by atoms with Gasteiger partial charge < -0.3 is 30.1 Å². The second kappa shape index (κ2) is 14.7. The Morgan fingerprint density at radius 1 is 1.29 bits per heavy atom. The molecule has 1 aromatic carbocycles. The molecule has 3 N–H and O–H groups in total. The lowest BCUT2D eigenvalue weighted by Gasteiger charge is -2.26. The molecule has 2 saturated heterocycles. The van der Waals surface area contributed by atoms with Crippen LogP contribution in [0.4, 0.5) is 15.6 Å². The molecule has 0 radical (unpaired) electrons. The number of nitrogens with one attached hydrogen (secondary N) is 1. The van der Waals surface area contributed by atoms with Crippen LogP contribution in [-0.2, 0) is 20.6 Å². The van der Waals surface area contributed by atoms with Gasteiger partial charge in [0.05, 0.1) is 6.61 Å².